The van der Waals surface area contributed by atoms with E-state index < -0.39 is 5.95 Å². The summed E-state index contributed by atoms with van der Waals surface area (Å²) >= 11 is 4.75. The van der Waals surface area contributed by atoms with Gasteiger partial charge in [-0.05, 0) is 0 Å². The highest BCUT2D eigenvalue weighted by atomic mass is 32.1. The lowest BCUT2D eigenvalue weighted by molar-refractivity contribution is 0.579. The molecular formula is C10H7FN2S. The number of aromatic amines is 1. The molecule has 1 N–H and O–H groups in total. The van der Waals surface area contributed by atoms with Crippen molar-refractivity contribution in [3.05, 3.63) is 47.1 Å². The van der Waals surface area contributed by atoms with Gasteiger partial charge >= 0.3 is 0 Å². The van der Waals surface area contributed by atoms with Crippen molar-refractivity contribution < 1.29 is 4.39 Å². The zero-order valence-electron chi connectivity index (χ0n) is 7.20. The summed E-state index contributed by atoms with van der Waals surface area (Å²) in [5, 5.41) is 0. The van der Waals surface area contributed by atoms with Crippen molar-refractivity contribution in [3.63, 3.8) is 0 Å². The molecule has 0 aliphatic heterocycles. The van der Waals surface area contributed by atoms with Gasteiger partial charge in [0, 0.05) is 5.56 Å². The molecule has 0 fully saturated rings. The van der Waals surface area contributed by atoms with E-state index in [1.165, 1.54) is 6.20 Å². The molecule has 1 heterocycles. The number of aromatic nitrogens is 2. The molecule has 1 aromatic carbocycles. The highest BCUT2D eigenvalue weighted by Gasteiger charge is 2.04. The summed E-state index contributed by atoms with van der Waals surface area (Å²) in [7, 11) is 0. The Kier molecular flexibility index (Phi) is 2.37. The van der Waals surface area contributed by atoms with Crippen LogP contribution in [0.15, 0.2) is 36.5 Å². The summed E-state index contributed by atoms with van der Waals surface area (Å²) in [5.41, 5.74) is 1.02. The van der Waals surface area contributed by atoms with Crippen molar-refractivity contribution in [1.29, 1.82) is 0 Å². The number of halogens is 1. The van der Waals surface area contributed by atoms with Gasteiger partial charge in [-0.25, -0.2) is 4.98 Å². The first kappa shape index (κ1) is 9.02. The molecule has 2 aromatic rings. The molecule has 0 aliphatic carbocycles. The molecule has 0 spiro atoms. The number of rotatable bonds is 1. The Bertz CT molecular complexity index is 493. The normalized spacial score (nSPS) is 10.1. The minimum absolute atomic E-state index is 0.291. The third kappa shape index (κ3) is 1.70. The molecule has 0 unspecified atom stereocenters. The molecule has 0 bridgehead atoms. The summed E-state index contributed by atoms with van der Waals surface area (Å²) in [5.74, 6) is -0.497. The lowest BCUT2D eigenvalue weighted by atomic mass is 10.2. The van der Waals surface area contributed by atoms with Crippen molar-refractivity contribution in [2.75, 3.05) is 0 Å². The Hall–Kier alpha value is -1.55. The molecule has 4 heteroatoms. The fourth-order valence-corrected chi connectivity index (χ4v) is 1.32. The number of nitrogens with zero attached hydrogens (tertiary/aromatic N) is 1. The van der Waals surface area contributed by atoms with Gasteiger partial charge in [-0.3, -0.25) is 0 Å². The van der Waals surface area contributed by atoms with Gasteiger partial charge in [0.2, 0.25) is 5.95 Å². The molecule has 1 aromatic heterocycles. The highest BCUT2D eigenvalue weighted by molar-refractivity contribution is 7.71. The fourth-order valence-electron chi connectivity index (χ4n) is 1.18. The highest BCUT2D eigenvalue weighted by Crippen LogP contribution is 2.17. The summed E-state index contributed by atoms with van der Waals surface area (Å²) in [4.78, 5) is 6.36. The van der Waals surface area contributed by atoms with E-state index in [0.717, 1.165) is 5.56 Å². The predicted octanol–water partition coefficient (Wildman–Crippen LogP) is 2.95. The summed E-state index contributed by atoms with van der Waals surface area (Å²) in [6.07, 6.45) is 1.43. The second kappa shape index (κ2) is 3.67. The number of benzene rings is 1. The van der Waals surface area contributed by atoms with Gasteiger partial charge < -0.3 is 4.98 Å². The molecule has 0 radical (unpaired) electrons. The molecule has 0 atom stereocenters. The number of H-pyrrole nitrogens is 1. The van der Waals surface area contributed by atoms with E-state index in [2.05, 4.69) is 9.97 Å². The second-order valence-corrected chi connectivity index (χ2v) is 3.22. The lowest BCUT2D eigenvalue weighted by Gasteiger charge is -2.00. The summed E-state index contributed by atoms with van der Waals surface area (Å²) in [6, 6.07) is 9.12. The van der Waals surface area contributed by atoms with E-state index in [1.54, 1.807) is 12.1 Å². The molecular weight excluding hydrogens is 199 g/mol. The van der Waals surface area contributed by atoms with Crippen molar-refractivity contribution in [2.24, 2.45) is 0 Å². The van der Waals surface area contributed by atoms with Crippen molar-refractivity contribution >= 4 is 12.2 Å². The minimum atomic E-state index is -0.497. The maximum atomic E-state index is 13.4. The molecule has 14 heavy (non-hydrogen) atoms. The van der Waals surface area contributed by atoms with E-state index in [1.807, 2.05) is 18.2 Å². The summed E-state index contributed by atoms with van der Waals surface area (Å²) in [6.45, 7) is 0. The van der Waals surface area contributed by atoms with Crippen LogP contribution in [-0.4, -0.2) is 9.97 Å². The van der Waals surface area contributed by atoms with Gasteiger partial charge in [-0.2, -0.15) is 4.39 Å². The van der Waals surface area contributed by atoms with Crippen LogP contribution in [0.3, 0.4) is 0 Å². The fraction of sp³-hybridized carbons (Fsp3) is 0. The lowest BCUT2D eigenvalue weighted by Crippen LogP contribution is -1.92. The van der Waals surface area contributed by atoms with Crippen LogP contribution in [0.4, 0.5) is 4.39 Å². The molecule has 2 nitrogen and oxygen atoms in total. The van der Waals surface area contributed by atoms with Gasteiger partial charge in [-0.15, -0.1) is 0 Å². The quantitative estimate of drug-likeness (QED) is 0.727. The maximum Gasteiger partial charge on any atom is 0.218 e. The molecule has 70 valence electrons. The van der Waals surface area contributed by atoms with Gasteiger partial charge in [0.1, 0.15) is 10.3 Å². The second-order valence-electron chi connectivity index (χ2n) is 2.78. The first-order valence-electron chi connectivity index (χ1n) is 4.07. The van der Waals surface area contributed by atoms with Gasteiger partial charge in [0.25, 0.3) is 0 Å². The molecule has 0 saturated heterocycles. The average Bonchev–Trinajstić information content (AvgIpc) is 2.19. The van der Waals surface area contributed by atoms with Crippen LogP contribution in [0, 0.1) is 10.6 Å². The zero-order chi connectivity index (χ0) is 9.97. The molecule has 0 saturated carbocycles. The predicted molar refractivity (Wildman–Crippen MR) is 54.8 cm³/mol. The van der Waals surface area contributed by atoms with Crippen LogP contribution >= 0.6 is 12.2 Å². The van der Waals surface area contributed by atoms with E-state index in [0.29, 0.717) is 10.3 Å². The van der Waals surface area contributed by atoms with Gasteiger partial charge in [0.05, 0.1) is 6.20 Å². The first-order valence-corrected chi connectivity index (χ1v) is 4.48. The first-order chi connectivity index (χ1) is 6.77. The third-order valence-corrected chi connectivity index (χ3v) is 2.01. The Labute approximate surface area is 85.5 Å². The van der Waals surface area contributed by atoms with Crippen LogP contribution in [0.2, 0.25) is 0 Å². The van der Waals surface area contributed by atoms with E-state index in [4.69, 9.17) is 12.2 Å². The van der Waals surface area contributed by atoms with Crippen molar-refractivity contribution in [1.82, 2.24) is 9.97 Å². The average molecular weight is 206 g/mol. The topological polar surface area (TPSA) is 28.7 Å². The van der Waals surface area contributed by atoms with Crippen molar-refractivity contribution in [2.45, 2.75) is 0 Å². The molecule has 2 rings (SSSR count). The third-order valence-electron chi connectivity index (χ3n) is 1.80. The molecule has 0 aliphatic rings. The van der Waals surface area contributed by atoms with Crippen LogP contribution < -0.4 is 0 Å². The van der Waals surface area contributed by atoms with Gasteiger partial charge in [0.15, 0.2) is 0 Å². The summed E-state index contributed by atoms with van der Waals surface area (Å²) < 4.78 is 13.6. The van der Waals surface area contributed by atoms with E-state index in [9.17, 15) is 4.39 Å². The minimum Gasteiger partial charge on any atom is -0.320 e. The Morgan fingerprint density at radius 2 is 1.93 bits per heavy atom. The maximum absolute atomic E-state index is 13.4. The Balaban J connectivity index is 2.58. The zero-order valence-corrected chi connectivity index (χ0v) is 8.01. The van der Waals surface area contributed by atoms with E-state index in [-0.39, 0.29) is 0 Å². The van der Waals surface area contributed by atoms with Crippen LogP contribution in [0.25, 0.3) is 11.3 Å². The monoisotopic (exact) mass is 206 g/mol. The van der Waals surface area contributed by atoms with E-state index >= 15 is 0 Å². The SMILES string of the molecule is Fc1[nH]c(=S)cnc1-c1ccccc1. The van der Waals surface area contributed by atoms with Crippen LogP contribution in [0.5, 0.6) is 0 Å². The number of hydrogen-bond acceptors (Lipinski definition) is 2. The van der Waals surface area contributed by atoms with Crippen LogP contribution in [0.1, 0.15) is 0 Å². The molecule has 0 amide bonds. The number of nitrogens with one attached hydrogen (secondary N) is 1. The van der Waals surface area contributed by atoms with Gasteiger partial charge in [-0.1, -0.05) is 42.5 Å². The smallest absolute Gasteiger partial charge is 0.218 e. The largest absolute Gasteiger partial charge is 0.320 e. The van der Waals surface area contributed by atoms with Crippen LogP contribution in [-0.2, 0) is 0 Å². The Morgan fingerprint density at radius 3 is 2.57 bits per heavy atom. The Morgan fingerprint density at radius 1 is 1.21 bits per heavy atom. The standard InChI is InChI=1S/C10H7FN2S/c11-10-9(12-6-8(14)13-10)7-4-2-1-3-5-7/h1-6H,(H,13,14). The number of hydrogen-bond donors (Lipinski definition) is 1. The van der Waals surface area contributed by atoms with Crippen molar-refractivity contribution in [3.8, 4) is 11.3 Å².